The third-order valence-electron chi connectivity index (χ3n) is 2.95. The van der Waals surface area contributed by atoms with E-state index in [9.17, 15) is 0 Å². The van der Waals surface area contributed by atoms with Crippen molar-refractivity contribution in [3.05, 3.63) is 30.3 Å². The van der Waals surface area contributed by atoms with Gasteiger partial charge in [0.25, 0.3) is 0 Å². The molecule has 0 amide bonds. The smallest absolute Gasteiger partial charge is 0.119 e. The number of hydrogen-bond donors (Lipinski definition) is 0. The topological polar surface area (TPSA) is 9.23 Å². The third-order valence-corrected chi connectivity index (χ3v) is 2.95. The number of benzene rings is 1. The molecule has 17 heavy (non-hydrogen) atoms. The molecule has 0 aliphatic rings. The lowest BCUT2D eigenvalue weighted by molar-refractivity contribution is 0.304. The molecule has 1 heteroatoms. The zero-order valence-corrected chi connectivity index (χ0v) is 11.1. The fraction of sp³-hybridized carbons (Fsp3) is 0.625. The van der Waals surface area contributed by atoms with Crippen LogP contribution in [-0.4, -0.2) is 6.61 Å². The average molecular weight is 233 g/mol. The third kappa shape index (κ3) is 7.84. The highest BCUT2D eigenvalue weighted by molar-refractivity contribution is 5.20. The quantitative estimate of drug-likeness (QED) is 0.516. The molecule has 0 bridgehead atoms. The summed E-state index contributed by atoms with van der Waals surface area (Å²) in [5, 5.41) is 0. The van der Waals surface area contributed by atoms with Gasteiger partial charge in [-0.3, -0.25) is 0 Å². The highest BCUT2D eigenvalue weighted by Crippen LogP contribution is 2.11. The minimum Gasteiger partial charge on any atom is -0.494 e. The minimum absolute atomic E-state index is 0.846. The Balaban J connectivity index is 1.85. The SMILES string of the molecule is CCCCCCCCCCOc1cc[c]cc1. The Morgan fingerprint density at radius 2 is 1.47 bits per heavy atom. The van der Waals surface area contributed by atoms with Gasteiger partial charge >= 0.3 is 0 Å². The average Bonchev–Trinajstić information content (AvgIpc) is 2.38. The van der Waals surface area contributed by atoms with Crippen LogP contribution < -0.4 is 4.74 Å². The fourth-order valence-corrected chi connectivity index (χ4v) is 1.89. The van der Waals surface area contributed by atoms with E-state index in [1.54, 1.807) is 0 Å². The summed E-state index contributed by atoms with van der Waals surface area (Å²) >= 11 is 0. The second-order valence-electron chi connectivity index (χ2n) is 4.56. The molecule has 0 saturated carbocycles. The molecule has 95 valence electrons. The summed E-state index contributed by atoms with van der Waals surface area (Å²) in [7, 11) is 0. The normalized spacial score (nSPS) is 10.4. The lowest BCUT2D eigenvalue weighted by atomic mass is 10.1. The molecule has 1 aromatic rings. The Morgan fingerprint density at radius 1 is 0.882 bits per heavy atom. The molecule has 0 fully saturated rings. The first kappa shape index (κ1) is 14.1. The number of ether oxygens (including phenoxy) is 1. The van der Waals surface area contributed by atoms with Crippen molar-refractivity contribution in [2.24, 2.45) is 0 Å². The van der Waals surface area contributed by atoms with E-state index in [0.717, 1.165) is 12.4 Å². The van der Waals surface area contributed by atoms with Crippen molar-refractivity contribution < 1.29 is 4.74 Å². The monoisotopic (exact) mass is 233 g/mol. The molecule has 1 rings (SSSR count). The molecule has 0 spiro atoms. The van der Waals surface area contributed by atoms with Crippen LogP contribution in [0.15, 0.2) is 24.3 Å². The van der Waals surface area contributed by atoms with Crippen LogP contribution in [0, 0.1) is 6.07 Å². The van der Waals surface area contributed by atoms with Gasteiger partial charge in [0.15, 0.2) is 0 Å². The summed E-state index contributed by atoms with van der Waals surface area (Å²) in [4.78, 5) is 0. The van der Waals surface area contributed by atoms with Gasteiger partial charge in [-0.2, -0.15) is 0 Å². The van der Waals surface area contributed by atoms with Crippen LogP contribution in [0.5, 0.6) is 5.75 Å². The van der Waals surface area contributed by atoms with Gasteiger partial charge in [-0.25, -0.2) is 0 Å². The number of hydrogen-bond acceptors (Lipinski definition) is 1. The molecular weight excluding hydrogens is 208 g/mol. The molecule has 1 nitrogen and oxygen atoms in total. The molecule has 0 N–H and O–H groups in total. The summed E-state index contributed by atoms with van der Waals surface area (Å²) in [6.45, 7) is 3.11. The van der Waals surface area contributed by atoms with Gasteiger partial charge in [-0.05, 0) is 24.6 Å². The van der Waals surface area contributed by atoms with Gasteiger partial charge < -0.3 is 4.74 Å². The van der Waals surface area contributed by atoms with Gasteiger partial charge in [0, 0.05) is 0 Å². The summed E-state index contributed by atoms with van der Waals surface area (Å²) in [5.74, 6) is 0.965. The van der Waals surface area contributed by atoms with E-state index in [1.165, 1.54) is 51.4 Å². The molecular formula is C16H25O. The molecule has 0 heterocycles. The molecule has 0 atom stereocenters. The van der Waals surface area contributed by atoms with Crippen molar-refractivity contribution in [1.29, 1.82) is 0 Å². The molecule has 0 aliphatic heterocycles. The second kappa shape index (κ2) is 10.2. The lowest BCUT2D eigenvalue weighted by Crippen LogP contribution is -1.96. The van der Waals surface area contributed by atoms with Crippen molar-refractivity contribution >= 4 is 0 Å². The molecule has 0 aromatic heterocycles. The summed E-state index contributed by atoms with van der Waals surface area (Å²) < 4.78 is 5.63. The Morgan fingerprint density at radius 3 is 2.12 bits per heavy atom. The number of rotatable bonds is 10. The van der Waals surface area contributed by atoms with Crippen molar-refractivity contribution in [3.8, 4) is 5.75 Å². The van der Waals surface area contributed by atoms with E-state index >= 15 is 0 Å². The first-order valence-corrected chi connectivity index (χ1v) is 7.02. The van der Waals surface area contributed by atoms with Crippen LogP contribution in [0.25, 0.3) is 0 Å². The zero-order chi connectivity index (χ0) is 12.2. The zero-order valence-electron chi connectivity index (χ0n) is 11.1. The maximum atomic E-state index is 5.63. The highest BCUT2D eigenvalue weighted by Gasteiger charge is 1.93. The Bertz CT molecular complexity index is 255. The van der Waals surface area contributed by atoms with Gasteiger partial charge in [0.1, 0.15) is 5.75 Å². The van der Waals surface area contributed by atoms with Crippen molar-refractivity contribution in [3.63, 3.8) is 0 Å². The van der Waals surface area contributed by atoms with E-state index in [0.29, 0.717) is 0 Å². The van der Waals surface area contributed by atoms with Crippen molar-refractivity contribution in [1.82, 2.24) is 0 Å². The second-order valence-corrected chi connectivity index (χ2v) is 4.56. The van der Waals surface area contributed by atoms with Crippen LogP contribution in [0.3, 0.4) is 0 Å². The summed E-state index contributed by atoms with van der Waals surface area (Å²) in [6.07, 6.45) is 10.8. The van der Waals surface area contributed by atoms with Gasteiger partial charge in [0.2, 0.25) is 0 Å². The number of unbranched alkanes of at least 4 members (excludes halogenated alkanes) is 7. The predicted molar refractivity (Wildman–Crippen MR) is 73.4 cm³/mol. The fourth-order valence-electron chi connectivity index (χ4n) is 1.89. The van der Waals surface area contributed by atoms with Crippen LogP contribution in [-0.2, 0) is 0 Å². The van der Waals surface area contributed by atoms with Gasteiger partial charge in [0.05, 0.1) is 6.61 Å². The van der Waals surface area contributed by atoms with Crippen LogP contribution in [0.2, 0.25) is 0 Å². The summed E-state index contributed by atoms with van der Waals surface area (Å²) in [5.41, 5.74) is 0. The molecule has 0 aliphatic carbocycles. The standard InChI is InChI=1S/C16H25O/c1-2-3-4-5-6-7-8-12-15-17-16-13-10-9-11-14-16/h10-11,13-14H,2-8,12,15H2,1H3. The molecule has 1 radical (unpaired) electrons. The van der Waals surface area contributed by atoms with E-state index in [1.807, 2.05) is 24.3 Å². The van der Waals surface area contributed by atoms with Crippen molar-refractivity contribution in [2.45, 2.75) is 58.3 Å². The lowest BCUT2D eigenvalue weighted by Gasteiger charge is -2.05. The van der Waals surface area contributed by atoms with Crippen LogP contribution in [0.4, 0.5) is 0 Å². The first-order valence-electron chi connectivity index (χ1n) is 7.02. The van der Waals surface area contributed by atoms with Crippen molar-refractivity contribution in [2.75, 3.05) is 6.61 Å². The maximum Gasteiger partial charge on any atom is 0.119 e. The largest absolute Gasteiger partial charge is 0.494 e. The van der Waals surface area contributed by atoms with E-state index < -0.39 is 0 Å². The first-order chi connectivity index (χ1) is 8.43. The Labute approximate surface area is 106 Å². The van der Waals surface area contributed by atoms with Gasteiger partial charge in [-0.1, -0.05) is 64.0 Å². The Kier molecular flexibility index (Phi) is 8.44. The minimum atomic E-state index is 0.846. The maximum absolute atomic E-state index is 5.63. The highest BCUT2D eigenvalue weighted by atomic mass is 16.5. The molecule has 0 unspecified atom stereocenters. The van der Waals surface area contributed by atoms with Gasteiger partial charge in [-0.15, -0.1) is 0 Å². The molecule has 1 aromatic carbocycles. The van der Waals surface area contributed by atoms with Crippen LogP contribution >= 0.6 is 0 Å². The molecule has 0 saturated heterocycles. The summed E-state index contributed by atoms with van der Waals surface area (Å²) in [6, 6.07) is 10.7. The van der Waals surface area contributed by atoms with E-state index in [-0.39, 0.29) is 0 Å². The van der Waals surface area contributed by atoms with Crippen LogP contribution in [0.1, 0.15) is 58.3 Å². The van der Waals surface area contributed by atoms with E-state index in [4.69, 9.17) is 4.74 Å². The predicted octanol–water partition coefficient (Wildman–Crippen LogP) is 5.01. The van der Waals surface area contributed by atoms with E-state index in [2.05, 4.69) is 13.0 Å². The Hall–Kier alpha value is -0.980.